The van der Waals surface area contributed by atoms with Gasteiger partial charge in [0.25, 0.3) is 10.0 Å². The zero-order valence-corrected chi connectivity index (χ0v) is 15.9. The molecule has 0 N–H and O–H groups in total. The molecule has 0 bridgehead atoms. The van der Waals surface area contributed by atoms with Crippen LogP contribution in [0.15, 0.2) is 83.8 Å². The van der Waals surface area contributed by atoms with Gasteiger partial charge in [-0.05, 0) is 48.9 Å². The van der Waals surface area contributed by atoms with E-state index in [2.05, 4.69) is 0 Å². The van der Waals surface area contributed by atoms with E-state index in [9.17, 15) is 12.8 Å². The molecule has 0 spiro atoms. The average Bonchev–Trinajstić information content (AvgIpc) is 2.69. The van der Waals surface area contributed by atoms with Crippen molar-refractivity contribution in [3.63, 3.8) is 0 Å². The Kier molecular flexibility index (Phi) is 5.46. The summed E-state index contributed by atoms with van der Waals surface area (Å²) in [6.07, 6.45) is 0. The Bertz CT molecular complexity index is 1010. The van der Waals surface area contributed by atoms with Gasteiger partial charge in [0.15, 0.2) is 0 Å². The highest BCUT2D eigenvalue weighted by molar-refractivity contribution is 7.92. The van der Waals surface area contributed by atoms with Gasteiger partial charge in [-0.2, -0.15) is 0 Å². The first kappa shape index (κ1) is 18.9. The second kappa shape index (κ2) is 7.80. The van der Waals surface area contributed by atoms with Crippen molar-refractivity contribution in [1.29, 1.82) is 0 Å². The van der Waals surface area contributed by atoms with Crippen LogP contribution < -0.4 is 9.04 Å². The molecule has 0 amide bonds. The topological polar surface area (TPSA) is 46.6 Å². The monoisotopic (exact) mass is 385 g/mol. The molecule has 0 aliphatic rings. The highest BCUT2D eigenvalue weighted by atomic mass is 32.2. The van der Waals surface area contributed by atoms with E-state index in [1.807, 2.05) is 37.3 Å². The molecule has 3 rings (SSSR count). The smallest absolute Gasteiger partial charge is 0.264 e. The van der Waals surface area contributed by atoms with Crippen LogP contribution in [0.3, 0.4) is 0 Å². The maximum atomic E-state index is 13.4. The van der Waals surface area contributed by atoms with Crippen LogP contribution in [-0.4, -0.2) is 15.5 Å². The number of anilines is 1. The number of ether oxygens (including phenoxy) is 1. The third kappa shape index (κ3) is 3.95. The lowest BCUT2D eigenvalue weighted by Gasteiger charge is -2.31. The van der Waals surface area contributed by atoms with Crippen molar-refractivity contribution in [3.05, 3.63) is 90.2 Å². The van der Waals surface area contributed by atoms with Gasteiger partial charge in [-0.3, -0.25) is 4.31 Å². The van der Waals surface area contributed by atoms with Gasteiger partial charge in [-0.1, -0.05) is 36.4 Å². The maximum Gasteiger partial charge on any atom is 0.264 e. The highest BCUT2D eigenvalue weighted by Gasteiger charge is 2.30. The lowest BCUT2D eigenvalue weighted by atomic mass is 10.1. The molecule has 0 saturated carbocycles. The van der Waals surface area contributed by atoms with Gasteiger partial charge in [0, 0.05) is 6.07 Å². The fourth-order valence-electron chi connectivity index (χ4n) is 2.91. The molecule has 140 valence electrons. The van der Waals surface area contributed by atoms with Crippen LogP contribution in [0.25, 0.3) is 0 Å². The largest absolute Gasteiger partial charge is 0.497 e. The molecule has 0 saturated heterocycles. The molecular formula is C21H20FNO3S. The molecule has 3 aromatic carbocycles. The Hall–Kier alpha value is -2.86. The van der Waals surface area contributed by atoms with Crippen LogP contribution in [0.2, 0.25) is 0 Å². The summed E-state index contributed by atoms with van der Waals surface area (Å²) < 4.78 is 46.7. The lowest BCUT2D eigenvalue weighted by molar-refractivity contribution is 0.415. The molecule has 0 aliphatic carbocycles. The third-order valence-corrected chi connectivity index (χ3v) is 6.22. The number of sulfonamides is 1. The summed E-state index contributed by atoms with van der Waals surface area (Å²) in [5, 5.41) is 0. The van der Waals surface area contributed by atoms with Gasteiger partial charge in [-0.15, -0.1) is 0 Å². The van der Waals surface area contributed by atoms with Gasteiger partial charge in [0.1, 0.15) is 11.6 Å². The number of hydrogen-bond acceptors (Lipinski definition) is 3. The van der Waals surface area contributed by atoms with Crippen molar-refractivity contribution in [3.8, 4) is 5.75 Å². The quantitative estimate of drug-likeness (QED) is 0.613. The van der Waals surface area contributed by atoms with Gasteiger partial charge in [-0.25, -0.2) is 12.8 Å². The Balaban J connectivity index is 2.16. The summed E-state index contributed by atoms with van der Waals surface area (Å²) >= 11 is 0. The Morgan fingerprint density at radius 1 is 0.926 bits per heavy atom. The summed E-state index contributed by atoms with van der Waals surface area (Å²) in [6.45, 7) is 1.82. The van der Waals surface area contributed by atoms with E-state index < -0.39 is 21.9 Å². The minimum absolute atomic E-state index is 0.0227. The lowest BCUT2D eigenvalue weighted by Crippen LogP contribution is -2.33. The Morgan fingerprint density at radius 3 is 2.22 bits per heavy atom. The minimum Gasteiger partial charge on any atom is -0.497 e. The summed E-state index contributed by atoms with van der Waals surface area (Å²) in [5.41, 5.74) is 1.31. The Morgan fingerprint density at radius 2 is 1.59 bits per heavy atom. The number of halogens is 1. The van der Waals surface area contributed by atoms with Crippen molar-refractivity contribution >= 4 is 15.7 Å². The van der Waals surface area contributed by atoms with Crippen LogP contribution in [0.1, 0.15) is 18.5 Å². The summed E-state index contributed by atoms with van der Waals surface area (Å²) in [6, 6.07) is 20.6. The number of hydrogen-bond donors (Lipinski definition) is 0. The molecule has 0 radical (unpaired) electrons. The number of benzene rings is 3. The van der Waals surface area contributed by atoms with Crippen molar-refractivity contribution < 1.29 is 17.5 Å². The van der Waals surface area contributed by atoms with Crippen molar-refractivity contribution in [2.75, 3.05) is 11.4 Å². The van der Waals surface area contributed by atoms with E-state index in [1.54, 1.807) is 24.3 Å². The number of methoxy groups -OCH3 is 1. The molecule has 0 fully saturated rings. The predicted molar refractivity (Wildman–Crippen MR) is 104 cm³/mol. The average molecular weight is 385 g/mol. The van der Waals surface area contributed by atoms with Crippen molar-refractivity contribution in [1.82, 2.24) is 0 Å². The molecule has 4 nitrogen and oxygen atoms in total. The predicted octanol–water partition coefficient (Wildman–Crippen LogP) is 4.79. The Labute approximate surface area is 158 Å². The van der Waals surface area contributed by atoms with Crippen LogP contribution in [0.4, 0.5) is 10.1 Å². The molecule has 1 atom stereocenters. The van der Waals surface area contributed by atoms with Crippen LogP contribution in [0.5, 0.6) is 5.75 Å². The summed E-state index contributed by atoms with van der Waals surface area (Å²) in [7, 11) is -2.41. The van der Waals surface area contributed by atoms with E-state index in [1.165, 1.54) is 23.5 Å². The van der Waals surface area contributed by atoms with E-state index in [0.29, 0.717) is 11.4 Å². The van der Waals surface area contributed by atoms with Crippen LogP contribution >= 0.6 is 0 Å². The standard InChI is InChI=1S/C21H20FNO3S/c1-16(17-7-4-3-5-8-17)23(19-9-6-10-20(15-19)26-2)27(24,25)21-13-11-18(22)12-14-21/h3-16H,1-2H3. The molecular weight excluding hydrogens is 365 g/mol. The van der Waals surface area contributed by atoms with E-state index in [-0.39, 0.29) is 4.90 Å². The molecule has 0 aliphatic heterocycles. The molecule has 3 aromatic rings. The summed E-state index contributed by atoms with van der Waals surface area (Å²) in [4.78, 5) is 0.0227. The highest BCUT2D eigenvalue weighted by Crippen LogP contribution is 2.34. The van der Waals surface area contributed by atoms with Gasteiger partial charge in [0.2, 0.25) is 0 Å². The first-order valence-electron chi connectivity index (χ1n) is 8.42. The second-order valence-electron chi connectivity index (χ2n) is 6.04. The van der Waals surface area contributed by atoms with Gasteiger partial charge >= 0.3 is 0 Å². The van der Waals surface area contributed by atoms with Crippen molar-refractivity contribution in [2.24, 2.45) is 0 Å². The van der Waals surface area contributed by atoms with Crippen LogP contribution in [0, 0.1) is 5.82 Å². The molecule has 0 aromatic heterocycles. The van der Waals surface area contributed by atoms with E-state index in [4.69, 9.17) is 4.74 Å². The van der Waals surface area contributed by atoms with E-state index in [0.717, 1.165) is 17.7 Å². The fourth-order valence-corrected chi connectivity index (χ4v) is 4.54. The zero-order valence-electron chi connectivity index (χ0n) is 15.0. The first-order chi connectivity index (χ1) is 12.9. The fraction of sp³-hybridized carbons (Fsp3) is 0.143. The van der Waals surface area contributed by atoms with Gasteiger partial charge < -0.3 is 4.74 Å². The number of rotatable bonds is 6. The van der Waals surface area contributed by atoms with E-state index >= 15 is 0 Å². The van der Waals surface area contributed by atoms with Crippen LogP contribution in [-0.2, 0) is 10.0 Å². The molecule has 27 heavy (non-hydrogen) atoms. The minimum atomic E-state index is -3.93. The van der Waals surface area contributed by atoms with Gasteiger partial charge in [0.05, 0.1) is 23.7 Å². The third-order valence-electron chi connectivity index (χ3n) is 4.31. The zero-order chi connectivity index (χ0) is 19.4. The maximum absolute atomic E-state index is 13.4. The number of nitrogens with zero attached hydrogens (tertiary/aromatic N) is 1. The molecule has 1 unspecified atom stereocenters. The SMILES string of the molecule is COc1cccc(N(C(C)c2ccccc2)S(=O)(=O)c2ccc(F)cc2)c1. The molecule has 6 heteroatoms. The first-order valence-corrected chi connectivity index (χ1v) is 9.86. The molecule has 0 heterocycles. The van der Waals surface area contributed by atoms with Crippen molar-refractivity contribution in [2.45, 2.75) is 17.9 Å². The summed E-state index contributed by atoms with van der Waals surface area (Å²) in [5.74, 6) is 0.0602. The second-order valence-corrected chi connectivity index (χ2v) is 7.86. The normalized spacial score (nSPS) is 12.4.